The van der Waals surface area contributed by atoms with Gasteiger partial charge in [-0.15, -0.1) is 0 Å². The zero-order chi connectivity index (χ0) is 8.72. The molecule has 1 aliphatic rings. The Kier molecular flexibility index (Phi) is 1.76. The van der Waals surface area contributed by atoms with Crippen LogP contribution in [0.15, 0.2) is 17.8 Å². The van der Waals surface area contributed by atoms with Gasteiger partial charge in [-0.05, 0) is 40.9 Å². The van der Waals surface area contributed by atoms with Gasteiger partial charge in [0, 0.05) is 4.48 Å². The van der Waals surface area contributed by atoms with Crippen molar-refractivity contribution in [2.75, 3.05) is 0 Å². The molecule has 0 N–H and O–H groups in total. The Morgan fingerprint density at radius 2 is 2.33 bits per heavy atom. The van der Waals surface area contributed by atoms with Crippen LogP contribution in [0.4, 0.5) is 4.39 Å². The average molecular weight is 228 g/mol. The number of allylic oxidation sites excluding steroid dienone is 1. The van der Waals surface area contributed by atoms with Gasteiger partial charge in [0.25, 0.3) is 0 Å². The van der Waals surface area contributed by atoms with Crippen LogP contribution in [0.5, 0.6) is 0 Å². The molecule has 1 heterocycles. The number of rotatable bonds is 0. The van der Waals surface area contributed by atoms with E-state index in [4.69, 9.17) is 0 Å². The van der Waals surface area contributed by atoms with Crippen LogP contribution in [0.1, 0.15) is 18.2 Å². The standard InChI is InChI=1S/C9H7BrFN/c1-5-2-6-3-7(11)4-12-9(6)8(5)10/h3-4H,2H2,1H3. The van der Waals surface area contributed by atoms with E-state index in [-0.39, 0.29) is 5.82 Å². The maximum Gasteiger partial charge on any atom is 0.141 e. The monoisotopic (exact) mass is 227 g/mol. The lowest BCUT2D eigenvalue weighted by Crippen LogP contribution is -1.89. The quantitative estimate of drug-likeness (QED) is 0.665. The molecule has 2 rings (SSSR count). The average Bonchev–Trinajstić information content (AvgIpc) is 2.28. The second-order valence-electron chi connectivity index (χ2n) is 2.93. The molecule has 0 amide bonds. The predicted octanol–water partition coefficient (Wildman–Crippen LogP) is 2.90. The maximum absolute atomic E-state index is 12.7. The summed E-state index contributed by atoms with van der Waals surface area (Å²) in [6, 6.07) is 1.54. The number of nitrogens with zero attached hydrogens (tertiary/aromatic N) is 1. The van der Waals surface area contributed by atoms with Crippen LogP contribution in [0.25, 0.3) is 4.48 Å². The molecule has 0 spiro atoms. The molecule has 3 heteroatoms. The smallest absolute Gasteiger partial charge is 0.141 e. The van der Waals surface area contributed by atoms with E-state index in [2.05, 4.69) is 20.9 Å². The van der Waals surface area contributed by atoms with Gasteiger partial charge in [0.05, 0.1) is 11.9 Å². The van der Waals surface area contributed by atoms with Crippen molar-refractivity contribution in [2.24, 2.45) is 0 Å². The number of fused-ring (bicyclic) bond motifs is 1. The Morgan fingerprint density at radius 3 is 3.08 bits per heavy atom. The molecule has 0 bridgehead atoms. The largest absolute Gasteiger partial charge is 0.252 e. The zero-order valence-electron chi connectivity index (χ0n) is 6.56. The van der Waals surface area contributed by atoms with Crippen molar-refractivity contribution in [1.29, 1.82) is 0 Å². The van der Waals surface area contributed by atoms with Crippen LogP contribution in [0.2, 0.25) is 0 Å². The number of pyridine rings is 1. The van der Waals surface area contributed by atoms with Gasteiger partial charge in [-0.25, -0.2) is 4.39 Å². The highest BCUT2D eigenvalue weighted by Gasteiger charge is 2.18. The summed E-state index contributed by atoms with van der Waals surface area (Å²) in [5.41, 5.74) is 3.07. The highest BCUT2D eigenvalue weighted by atomic mass is 79.9. The molecule has 1 aromatic rings. The lowest BCUT2D eigenvalue weighted by molar-refractivity contribution is 0.619. The molecule has 0 aliphatic heterocycles. The van der Waals surface area contributed by atoms with Crippen molar-refractivity contribution in [2.45, 2.75) is 13.3 Å². The molecular formula is C9H7BrFN. The molecule has 0 saturated carbocycles. The van der Waals surface area contributed by atoms with Crippen molar-refractivity contribution in [3.8, 4) is 0 Å². The second kappa shape index (κ2) is 2.66. The van der Waals surface area contributed by atoms with Crippen molar-refractivity contribution < 1.29 is 4.39 Å². The van der Waals surface area contributed by atoms with E-state index in [1.54, 1.807) is 6.07 Å². The second-order valence-corrected chi connectivity index (χ2v) is 3.73. The normalized spacial score (nSPS) is 15.2. The number of aromatic nitrogens is 1. The molecule has 1 aliphatic carbocycles. The minimum atomic E-state index is -0.260. The van der Waals surface area contributed by atoms with Crippen molar-refractivity contribution in [1.82, 2.24) is 4.98 Å². The summed E-state index contributed by atoms with van der Waals surface area (Å²) in [4.78, 5) is 4.01. The minimum absolute atomic E-state index is 0.260. The van der Waals surface area contributed by atoms with Crippen molar-refractivity contribution in [3.63, 3.8) is 0 Å². The Morgan fingerprint density at radius 1 is 1.58 bits per heavy atom. The van der Waals surface area contributed by atoms with Gasteiger partial charge in [-0.3, -0.25) is 4.98 Å². The molecule has 0 atom stereocenters. The minimum Gasteiger partial charge on any atom is -0.252 e. The summed E-state index contributed by atoms with van der Waals surface area (Å²) in [6.45, 7) is 2.02. The van der Waals surface area contributed by atoms with Crippen LogP contribution in [-0.4, -0.2) is 4.98 Å². The molecule has 0 radical (unpaired) electrons. The van der Waals surface area contributed by atoms with E-state index in [0.717, 1.165) is 22.2 Å². The first-order valence-electron chi connectivity index (χ1n) is 3.68. The van der Waals surface area contributed by atoms with Gasteiger partial charge < -0.3 is 0 Å². The Balaban J connectivity index is 2.58. The van der Waals surface area contributed by atoms with E-state index < -0.39 is 0 Å². The van der Waals surface area contributed by atoms with Crippen molar-refractivity contribution >= 4 is 20.4 Å². The molecule has 12 heavy (non-hydrogen) atoms. The third-order valence-electron chi connectivity index (χ3n) is 1.97. The van der Waals surface area contributed by atoms with Gasteiger partial charge in [0.2, 0.25) is 0 Å². The number of halogens is 2. The topological polar surface area (TPSA) is 12.9 Å². The number of hydrogen-bond donors (Lipinski definition) is 0. The Hall–Kier alpha value is -0.700. The summed E-state index contributed by atoms with van der Waals surface area (Å²) >= 11 is 3.42. The zero-order valence-corrected chi connectivity index (χ0v) is 8.15. The van der Waals surface area contributed by atoms with Gasteiger partial charge in [-0.1, -0.05) is 5.57 Å². The third-order valence-corrected chi connectivity index (χ3v) is 3.02. The molecular weight excluding hydrogens is 221 g/mol. The fraction of sp³-hybridized carbons (Fsp3) is 0.222. The number of hydrogen-bond acceptors (Lipinski definition) is 1. The van der Waals surface area contributed by atoms with Crippen LogP contribution in [0, 0.1) is 5.82 Å². The highest BCUT2D eigenvalue weighted by Crippen LogP contribution is 2.35. The Labute approximate surface area is 78.4 Å². The van der Waals surface area contributed by atoms with Crippen LogP contribution in [0.3, 0.4) is 0 Å². The molecule has 0 aromatic carbocycles. The third kappa shape index (κ3) is 1.08. The fourth-order valence-electron chi connectivity index (χ4n) is 1.38. The summed E-state index contributed by atoms with van der Waals surface area (Å²) in [5.74, 6) is -0.260. The fourth-order valence-corrected chi connectivity index (χ4v) is 1.88. The van der Waals surface area contributed by atoms with E-state index in [0.29, 0.717) is 0 Å². The molecule has 0 fully saturated rings. The van der Waals surface area contributed by atoms with Crippen LogP contribution < -0.4 is 0 Å². The summed E-state index contributed by atoms with van der Waals surface area (Å²) in [5, 5.41) is 0. The SMILES string of the molecule is CC1=C(Br)c2ncc(F)cc2C1. The maximum atomic E-state index is 12.7. The van der Waals surface area contributed by atoms with E-state index in [1.807, 2.05) is 6.92 Å². The highest BCUT2D eigenvalue weighted by molar-refractivity contribution is 9.15. The van der Waals surface area contributed by atoms with E-state index >= 15 is 0 Å². The van der Waals surface area contributed by atoms with Gasteiger partial charge in [0.1, 0.15) is 5.82 Å². The summed E-state index contributed by atoms with van der Waals surface area (Å²) < 4.78 is 13.7. The molecule has 0 saturated heterocycles. The molecule has 1 aromatic heterocycles. The first kappa shape index (κ1) is 7.92. The molecule has 62 valence electrons. The predicted molar refractivity (Wildman–Crippen MR) is 49.4 cm³/mol. The first-order chi connectivity index (χ1) is 5.68. The van der Waals surface area contributed by atoms with Crippen molar-refractivity contribution in [3.05, 3.63) is 34.9 Å². The van der Waals surface area contributed by atoms with Gasteiger partial charge in [-0.2, -0.15) is 0 Å². The Bertz CT molecular complexity index is 371. The molecule has 0 unspecified atom stereocenters. The lowest BCUT2D eigenvalue weighted by atomic mass is 10.2. The summed E-state index contributed by atoms with van der Waals surface area (Å²) in [6.07, 6.45) is 2.05. The summed E-state index contributed by atoms with van der Waals surface area (Å²) in [7, 11) is 0. The van der Waals surface area contributed by atoms with E-state index in [1.165, 1.54) is 11.8 Å². The van der Waals surface area contributed by atoms with Crippen LogP contribution >= 0.6 is 15.9 Å². The van der Waals surface area contributed by atoms with Gasteiger partial charge >= 0.3 is 0 Å². The van der Waals surface area contributed by atoms with E-state index in [9.17, 15) is 4.39 Å². The lowest BCUT2D eigenvalue weighted by Gasteiger charge is -1.97. The molecule has 1 nitrogen and oxygen atoms in total. The van der Waals surface area contributed by atoms with Crippen LogP contribution in [-0.2, 0) is 6.42 Å². The van der Waals surface area contributed by atoms with Gasteiger partial charge in [0.15, 0.2) is 0 Å². The first-order valence-corrected chi connectivity index (χ1v) is 4.48.